The Kier molecular flexibility index (Phi) is 15.9. The van der Waals surface area contributed by atoms with Crippen molar-refractivity contribution in [2.75, 3.05) is 6.61 Å². The number of rotatable bonds is 18. The molecule has 0 aromatic heterocycles. The highest BCUT2D eigenvalue weighted by molar-refractivity contribution is 5.87. The Morgan fingerprint density at radius 3 is 1.70 bits per heavy atom. The quantitative estimate of drug-likeness (QED) is 0.0865. The van der Waals surface area contributed by atoms with E-state index in [1.165, 1.54) is 0 Å². The molecule has 0 aliphatic rings. The fourth-order valence-corrected chi connectivity index (χ4v) is 5.23. The number of nitrogens with one attached hydrogen (secondary N) is 3. The summed E-state index contributed by atoms with van der Waals surface area (Å²) in [6, 6.07) is 22.3. The van der Waals surface area contributed by atoms with E-state index in [0.29, 0.717) is 16.7 Å². The minimum Gasteiger partial charge on any atom is -0.452 e. The first-order valence-electron chi connectivity index (χ1n) is 17.0. The maximum absolute atomic E-state index is 13.4. The molecule has 0 radical (unpaired) electrons. The summed E-state index contributed by atoms with van der Waals surface area (Å²) in [6.07, 6.45) is -9.45. The molecule has 4 amide bonds. The number of benzene rings is 3. The summed E-state index contributed by atoms with van der Waals surface area (Å²) in [5.41, 5.74) is 6.17. The molecular formula is C38H48N4O11. The van der Waals surface area contributed by atoms with E-state index in [4.69, 9.17) is 15.2 Å². The van der Waals surface area contributed by atoms with Gasteiger partial charge in [0.1, 0.15) is 23.9 Å². The number of alkyl carbamates (subject to hydrolysis) is 1. The Bertz CT molecular complexity index is 1600. The number of hydrogen-bond acceptors (Lipinski definition) is 11. The van der Waals surface area contributed by atoms with Crippen LogP contribution in [0.4, 0.5) is 4.79 Å². The zero-order valence-corrected chi connectivity index (χ0v) is 29.8. The lowest BCUT2D eigenvalue weighted by Crippen LogP contribution is -2.59. The summed E-state index contributed by atoms with van der Waals surface area (Å²) >= 11 is 0. The van der Waals surface area contributed by atoms with E-state index in [-0.39, 0.29) is 19.3 Å². The molecule has 3 aromatic carbocycles. The molecule has 3 rings (SSSR count). The third kappa shape index (κ3) is 13.6. The van der Waals surface area contributed by atoms with E-state index in [1.807, 2.05) is 60.7 Å². The number of carbonyl (C=O) groups is 5. The largest absolute Gasteiger partial charge is 0.452 e. The number of amides is 4. The van der Waals surface area contributed by atoms with Crippen LogP contribution in [0.15, 0.2) is 91.0 Å². The summed E-state index contributed by atoms with van der Waals surface area (Å²) in [5.74, 6) is -3.64. The number of hydrogen-bond donors (Lipinski definition) is 8. The smallest absolute Gasteiger partial charge is 0.408 e. The normalized spacial score (nSPS) is 14.8. The molecule has 0 bridgehead atoms. The minimum absolute atomic E-state index is 0.275. The third-order valence-corrected chi connectivity index (χ3v) is 7.91. The van der Waals surface area contributed by atoms with Crippen LogP contribution in [-0.4, -0.2) is 92.8 Å². The summed E-state index contributed by atoms with van der Waals surface area (Å²) in [7, 11) is 0. The number of carbonyl (C=O) groups excluding carboxylic acids is 5. The van der Waals surface area contributed by atoms with Crippen LogP contribution in [0, 0.1) is 0 Å². The first kappa shape index (κ1) is 42.1. The van der Waals surface area contributed by atoms with Crippen LogP contribution in [0.5, 0.6) is 0 Å². The Balaban J connectivity index is 1.73. The molecule has 0 heterocycles. The van der Waals surface area contributed by atoms with Gasteiger partial charge < -0.3 is 51.6 Å². The SMILES string of the molecule is CC(C)(C)OC(=O)N[C@@H](CCC(N)=O)C(=O)N[C@@H](CO)[C@@H](O)[C@@H](O)[C@H](O)C(=O)N[C@@H](CC(=O)OC(c1ccccc1)c1ccccc1)c1ccccc1. The lowest BCUT2D eigenvalue weighted by molar-refractivity contribution is -0.149. The van der Waals surface area contributed by atoms with Gasteiger partial charge in [-0.25, -0.2) is 4.79 Å². The molecule has 53 heavy (non-hydrogen) atoms. The molecule has 0 unspecified atom stereocenters. The summed E-state index contributed by atoms with van der Waals surface area (Å²) in [5, 5.41) is 49.6. The highest BCUT2D eigenvalue weighted by Gasteiger charge is 2.38. The molecule has 15 nitrogen and oxygen atoms in total. The summed E-state index contributed by atoms with van der Waals surface area (Å²) in [6.45, 7) is 3.79. The second kappa shape index (κ2) is 20.0. The molecule has 0 fully saturated rings. The van der Waals surface area contributed by atoms with Crippen LogP contribution in [-0.2, 0) is 28.7 Å². The molecular weight excluding hydrogens is 688 g/mol. The van der Waals surface area contributed by atoms with Gasteiger partial charge in [0.2, 0.25) is 11.8 Å². The van der Waals surface area contributed by atoms with Crippen LogP contribution in [0.1, 0.15) is 68.9 Å². The van der Waals surface area contributed by atoms with Crippen molar-refractivity contribution in [1.29, 1.82) is 0 Å². The molecule has 286 valence electrons. The molecule has 15 heteroatoms. The van der Waals surface area contributed by atoms with Crippen LogP contribution in [0.3, 0.4) is 0 Å². The third-order valence-electron chi connectivity index (χ3n) is 7.91. The Hall–Kier alpha value is -5.35. The average molecular weight is 737 g/mol. The van der Waals surface area contributed by atoms with E-state index < -0.39 is 84.5 Å². The molecule has 6 atom stereocenters. The molecule has 0 spiro atoms. The monoisotopic (exact) mass is 736 g/mol. The van der Waals surface area contributed by atoms with Gasteiger partial charge in [-0.15, -0.1) is 0 Å². The van der Waals surface area contributed by atoms with E-state index in [0.717, 1.165) is 0 Å². The number of aliphatic hydroxyl groups excluding tert-OH is 4. The predicted molar refractivity (Wildman–Crippen MR) is 191 cm³/mol. The zero-order chi connectivity index (χ0) is 39.1. The van der Waals surface area contributed by atoms with Gasteiger partial charge >= 0.3 is 12.1 Å². The highest BCUT2D eigenvalue weighted by Crippen LogP contribution is 2.28. The van der Waals surface area contributed by atoms with Crippen LogP contribution in [0.25, 0.3) is 0 Å². The maximum atomic E-state index is 13.4. The number of aliphatic hydroxyl groups is 4. The van der Waals surface area contributed by atoms with Crippen molar-refractivity contribution >= 4 is 29.8 Å². The van der Waals surface area contributed by atoms with Crippen LogP contribution >= 0.6 is 0 Å². The number of nitrogens with two attached hydrogens (primary N) is 1. The standard InChI is InChI=1S/C38H48N4O11/c1-38(2,3)53-37(51)42-26(19-20-29(39)44)35(49)41-28(22-43)31(46)32(47)33(48)36(50)40-27(23-13-7-4-8-14-23)21-30(45)52-34(24-15-9-5-10-16-24)25-17-11-6-12-18-25/h4-18,26-28,31-34,43,46-48H,19-22H2,1-3H3,(H2,39,44)(H,40,50)(H,41,49)(H,42,51)/t26-,27-,28-,31+,32+,33-/m0/s1. The number of ether oxygens (including phenoxy) is 2. The first-order valence-corrected chi connectivity index (χ1v) is 17.0. The van der Waals surface area contributed by atoms with Gasteiger partial charge in [-0.3, -0.25) is 19.2 Å². The summed E-state index contributed by atoms with van der Waals surface area (Å²) < 4.78 is 11.1. The Labute approximate surface area is 307 Å². The fourth-order valence-electron chi connectivity index (χ4n) is 5.23. The van der Waals surface area contributed by atoms with Gasteiger partial charge in [0.05, 0.1) is 25.1 Å². The van der Waals surface area contributed by atoms with E-state index in [9.17, 15) is 44.4 Å². The van der Waals surface area contributed by atoms with Crippen LogP contribution < -0.4 is 21.7 Å². The van der Waals surface area contributed by atoms with Crippen molar-refractivity contribution in [2.24, 2.45) is 5.73 Å². The minimum atomic E-state index is -2.31. The van der Waals surface area contributed by atoms with E-state index in [2.05, 4.69) is 16.0 Å². The summed E-state index contributed by atoms with van der Waals surface area (Å²) in [4.78, 5) is 63.6. The molecule has 0 saturated carbocycles. The molecule has 0 aliphatic heterocycles. The first-order chi connectivity index (χ1) is 25.1. The van der Waals surface area contributed by atoms with Gasteiger partial charge in [-0.1, -0.05) is 91.0 Å². The van der Waals surface area contributed by atoms with Gasteiger partial charge in [-0.2, -0.15) is 0 Å². The molecule has 0 aliphatic carbocycles. The van der Waals surface area contributed by atoms with Crippen molar-refractivity contribution in [3.05, 3.63) is 108 Å². The molecule has 3 aromatic rings. The fraction of sp³-hybridized carbons (Fsp3) is 0.395. The van der Waals surface area contributed by atoms with Crippen LogP contribution in [0.2, 0.25) is 0 Å². The Morgan fingerprint density at radius 1 is 0.717 bits per heavy atom. The number of primary amides is 1. The van der Waals surface area contributed by atoms with Crippen molar-refractivity contribution < 1.29 is 53.9 Å². The van der Waals surface area contributed by atoms with Crippen molar-refractivity contribution in [1.82, 2.24) is 16.0 Å². The zero-order valence-electron chi connectivity index (χ0n) is 29.8. The Morgan fingerprint density at radius 2 is 1.23 bits per heavy atom. The van der Waals surface area contributed by atoms with Gasteiger partial charge in [0.15, 0.2) is 12.2 Å². The van der Waals surface area contributed by atoms with E-state index >= 15 is 0 Å². The second-order valence-corrected chi connectivity index (χ2v) is 13.3. The predicted octanol–water partition coefficient (Wildman–Crippen LogP) is 1.29. The molecule has 0 saturated heterocycles. The van der Waals surface area contributed by atoms with Crippen molar-refractivity contribution in [2.45, 2.75) is 88.2 Å². The van der Waals surface area contributed by atoms with E-state index in [1.54, 1.807) is 51.1 Å². The lowest BCUT2D eigenvalue weighted by atomic mass is 9.98. The van der Waals surface area contributed by atoms with Gasteiger partial charge in [0, 0.05) is 6.42 Å². The molecule has 9 N–H and O–H groups in total. The average Bonchev–Trinajstić information content (AvgIpc) is 3.13. The lowest BCUT2D eigenvalue weighted by Gasteiger charge is -2.31. The maximum Gasteiger partial charge on any atom is 0.408 e. The topological polar surface area (TPSA) is 247 Å². The second-order valence-electron chi connectivity index (χ2n) is 13.3. The highest BCUT2D eigenvalue weighted by atomic mass is 16.6. The van der Waals surface area contributed by atoms with Gasteiger partial charge in [0.25, 0.3) is 5.91 Å². The van der Waals surface area contributed by atoms with Crippen molar-refractivity contribution in [3.63, 3.8) is 0 Å². The number of esters is 1. The van der Waals surface area contributed by atoms with Crippen molar-refractivity contribution in [3.8, 4) is 0 Å². The van der Waals surface area contributed by atoms with Gasteiger partial charge in [-0.05, 0) is 43.9 Å².